The van der Waals surface area contributed by atoms with Crippen molar-refractivity contribution in [2.45, 2.75) is 26.3 Å². The summed E-state index contributed by atoms with van der Waals surface area (Å²) in [5, 5.41) is 13.1. The smallest absolute Gasteiger partial charge is 0.112 e. The van der Waals surface area contributed by atoms with Crippen molar-refractivity contribution in [1.29, 1.82) is 5.26 Å². The highest BCUT2D eigenvalue weighted by molar-refractivity contribution is 7.11. The number of thiazole rings is 1. The van der Waals surface area contributed by atoms with Gasteiger partial charge >= 0.3 is 0 Å². The van der Waals surface area contributed by atoms with Gasteiger partial charge in [0.1, 0.15) is 5.01 Å². The predicted octanol–water partition coefficient (Wildman–Crippen LogP) is 2.97. The van der Waals surface area contributed by atoms with Crippen molar-refractivity contribution in [3.63, 3.8) is 0 Å². The van der Waals surface area contributed by atoms with Crippen LogP contribution in [-0.2, 0) is 19.4 Å². The largest absolute Gasteiger partial charge is 0.398 e. The molecule has 0 aliphatic heterocycles. The maximum Gasteiger partial charge on any atom is 0.112 e. The lowest BCUT2D eigenvalue weighted by atomic mass is 10.1. The van der Waals surface area contributed by atoms with Crippen LogP contribution >= 0.6 is 11.3 Å². The monoisotopic (exact) mass is 272 g/mol. The van der Waals surface area contributed by atoms with Crippen LogP contribution in [0.2, 0.25) is 0 Å². The highest BCUT2D eigenvalue weighted by atomic mass is 32.1. The molecule has 0 amide bonds. The fourth-order valence-corrected chi connectivity index (χ4v) is 2.53. The second-order valence-corrected chi connectivity index (χ2v) is 5.38. The third-order valence-corrected chi connectivity index (χ3v) is 3.95. The lowest BCUT2D eigenvalue weighted by molar-refractivity contribution is 1.09. The van der Waals surface area contributed by atoms with Gasteiger partial charge in [0.25, 0.3) is 0 Å². The Morgan fingerprint density at radius 1 is 1.47 bits per heavy atom. The fraction of sp³-hybridized carbons (Fsp3) is 0.286. The molecular formula is C14H16N4S. The highest BCUT2D eigenvalue weighted by Gasteiger charge is 2.03. The van der Waals surface area contributed by atoms with Crippen LogP contribution < -0.4 is 11.1 Å². The number of aromatic nitrogens is 1. The Morgan fingerprint density at radius 2 is 2.32 bits per heavy atom. The van der Waals surface area contributed by atoms with Crippen molar-refractivity contribution in [3.05, 3.63) is 39.8 Å². The summed E-state index contributed by atoms with van der Waals surface area (Å²) in [4.78, 5) is 5.65. The number of anilines is 2. The molecule has 0 saturated heterocycles. The zero-order valence-corrected chi connectivity index (χ0v) is 11.6. The van der Waals surface area contributed by atoms with Crippen molar-refractivity contribution >= 4 is 22.7 Å². The summed E-state index contributed by atoms with van der Waals surface area (Å²) in [7, 11) is 0. The number of benzene rings is 1. The highest BCUT2D eigenvalue weighted by Crippen LogP contribution is 2.20. The quantitative estimate of drug-likeness (QED) is 0.821. The van der Waals surface area contributed by atoms with Gasteiger partial charge in [0, 0.05) is 22.4 Å². The van der Waals surface area contributed by atoms with Crippen LogP contribution in [0.15, 0.2) is 24.4 Å². The number of nitrogen functional groups attached to an aromatic ring is 1. The Hall–Kier alpha value is -2.06. The van der Waals surface area contributed by atoms with Gasteiger partial charge in [-0.25, -0.2) is 4.98 Å². The van der Waals surface area contributed by atoms with Crippen molar-refractivity contribution < 1.29 is 0 Å². The van der Waals surface area contributed by atoms with E-state index in [2.05, 4.69) is 23.3 Å². The summed E-state index contributed by atoms with van der Waals surface area (Å²) < 4.78 is 0. The number of hydrogen-bond acceptors (Lipinski definition) is 5. The van der Waals surface area contributed by atoms with Crippen LogP contribution in [0.5, 0.6) is 0 Å². The minimum atomic E-state index is 0.332. The molecule has 0 aliphatic rings. The van der Waals surface area contributed by atoms with Crippen LogP contribution in [0.3, 0.4) is 0 Å². The summed E-state index contributed by atoms with van der Waals surface area (Å²) in [6, 6.07) is 7.79. The van der Waals surface area contributed by atoms with Gasteiger partial charge in [-0.2, -0.15) is 5.26 Å². The maximum atomic E-state index is 8.74. The van der Waals surface area contributed by atoms with Crippen molar-refractivity contribution in [2.75, 3.05) is 11.1 Å². The van der Waals surface area contributed by atoms with Gasteiger partial charge in [-0.15, -0.1) is 11.3 Å². The van der Waals surface area contributed by atoms with E-state index in [1.54, 1.807) is 11.3 Å². The maximum absolute atomic E-state index is 8.74. The lowest BCUT2D eigenvalue weighted by Gasteiger charge is -2.07. The van der Waals surface area contributed by atoms with Crippen molar-refractivity contribution in [2.24, 2.45) is 0 Å². The number of nitrogens with zero attached hydrogens (tertiary/aromatic N) is 2. The van der Waals surface area contributed by atoms with Crippen LogP contribution in [0.25, 0.3) is 0 Å². The summed E-state index contributed by atoms with van der Waals surface area (Å²) in [5.41, 5.74) is 8.30. The number of hydrogen-bond donors (Lipinski definition) is 2. The molecule has 0 bridgehead atoms. The zero-order chi connectivity index (χ0) is 13.7. The topological polar surface area (TPSA) is 74.7 Å². The fourth-order valence-electron chi connectivity index (χ4n) is 1.72. The molecule has 2 rings (SSSR count). The summed E-state index contributed by atoms with van der Waals surface area (Å²) in [6.07, 6.45) is 3.27. The van der Waals surface area contributed by atoms with E-state index in [4.69, 9.17) is 11.0 Å². The molecule has 1 aromatic carbocycles. The predicted molar refractivity (Wildman–Crippen MR) is 79.0 cm³/mol. The molecule has 0 atom stereocenters. The van der Waals surface area contributed by atoms with E-state index in [1.807, 2.05) is 24.4 Å². The molecule has 0 spiro atoms. The minimum Gasteiger partial charge on any atom is -0.398 e. The zero-order valence-electron chi connectivity index (χ0n) is 10.8. The van der Waals surface area contributed by atoms with E-state index < -0.39 is 0 Å². The average molecular weight is 272 g/mol. The molecule has 0 saturated carbocycles. The lowest BCUT2D eigenvalue weighted by Crippen LogP contribution is -2.01. The molecule has 0 unspecified atom stereocenters. The first kappa shape index (κ1) is 13.4. The third kappa shape index (κ3) is 3.46. The van der Waals surface area contributed by atoms with Gasteiger partial charge in [-0.05, 0) is 30.2 Å². The molecule has 0 radical (unpaired) electrons. The number of nitrogens with two attached hydrogens (primary N) is 1. The SMILES string of the molecule is CCc1cnc(CNc2ccc(N)c(CC#N)c2)s1. The molecule has 0 aliphatic carbocycles. The van der Waals surface area contributed by atoms with Gasteiger partial charge < -0.3 is 11.1 Å². The summed E-state index contributed by atoms with van der Waals surface area (Å²) in [5.74, 6) is 0. The second-order valence-electron chi connectivity index (χ2n) is 4.18. The normalized spacial score (nSPS) is 10.1. The van der Waals surface area contributed by atoms with Gasteiger partial charge in [0.05, 0.1) is 19.0 Å². The number of nitrogens with one attached hydrogen (secondary N) is 1. The van der Waals surface area contributed by atoms with E-state index in [1.165, 1.54) is 4.88 Å². The van der Waals surface area contributed by atoms with Gasteiger partial charge in [0.15, 0.2) is 0 Å². The van der Waals surface area contributed by atoms with Crippen LogP contribution in [0.4, 0.5) is 11.4 Å². The number of aryl methyl sites for hydroxylation is 1. The molecule has 5 heteroatoms. The van der Waals surface area contributed by atoms with Crippen LogP contribution in [0, 0.1) is 11.3 Å². The van der Waals surface area contributed by atoms with Crippen LogP contribution in [-0.4, -0.2) is 4.98 Å². The Morgan fingerprint density at radius 3 is 3.00 bits per heavy atom. The van der Waals surface area contributed by atoms with Crippen molar-refractivity contribution in [3.8, 4) is 6.07 Å². The Bertz CT molecular complexity index is 598. The van der Waals surface area contributed by atoms with E-state index in [-0.39, 0.29) is 0 Å². The van der Waals surface area contributed by atoms with Crippen molar-refractivity contribution in [1.82, 2.24) is 4.98 Å². The van der Waals surface area contributed by atoms with E-state index >= 15 is 0 Å². The summed E-state index contributed by atoms with van der Waals surface area (Å²) in [6.45, 7) is 2.82. The molecular weight excluding hydrogens is 256 g/mol. The molecule has 98 valence electrons. The molecule has 1 heterocycles. The average Bonchev–Trinajstić information content (AvgIpc) is 2.88. The third-order valence-electron chi connectivity index (χ3n) is 2.81. The van der Waals surface area contributed by atoms with E-state index in [0.29, 0.717) is 18.7 Å². The second kappa shape index (κ2) is 6.21. The Kier molecular flexibility index (Phi) is 4.37. The minimum absolute atomic E-state index is 0.332. The Balaban J connectivity index is 2.03. The molecule has 0 fully saturated rings. The van der Waals surface area contributed by atoms with E-state index in [0.717, 1.165) is 22.7 Å². The van der Waals surface area contributed by atoms with Gasteiger partial charge in [0.2, 0.25) is 0 Å². The Labute approximate surface area is 116 Å². The molecule has 4 nitrogen and oxygen atoms in total. The summed E-state index contributed by atoms with van der Waals surface area (Å²) >= 11 is 1.72. The van der Waals surface area contributed by atoms with Crippen LogP contribution in [0.1, 0.15) is 22.4 Å². The molecule has 19 heavy (non-hydrogen) atoms. The first-order chi connectivity index (χ1) is 9.22. The first-order valence-corrected chi connectivity index (χ1v) is 6.97. The van der Waals surface area contributed by atoms with Gasteiger partial charge in [-0.3, -0.25) is 0 Å². The van der Waals surface area contributed by atoms with Gasteiger partial charge in [-0.1, -0.05) is 6.92 Å². The molecule has 3 N–H and O–H groups in total. The van der Waals surface area contributed by atoms with E-state index in [9.17, 15) is 0 Å². The number of rotatable bonds is 5. The molecule has 2 aromatic rings. The first-order valence-electron chi connectivity index (χ1n) is 6.15. The number of nitriles is 1. The standard InChI is InChI=1S/C14H16N4S/c1-2-12-8-18-14(19-12)9-17-11-3-4-13(16)10(7-11)5-6-15/h3-4,7-8,17H,2,5,9,16H2,1H3. The molecule has 1 aromatic heterocycles.